The molecule has 0 heterocycles. The van der Waals surface area contributed by atoms with Crippen LogP contribution in [0.15, 0.2) is 24.3 Å². The van der Waals surface area contributed by atoms with Gasteiger partial charge < -0.3 is 15.4 Å². The van der Waals surface area contributed by atoms with Gasteiger partial charge in [0, 0.05) is 30.5 Å². The number of nitrogens with zero attached hydrogens (tertiary/aromatic N) is 1. The minimum absolute atomic E-state index is 0. The molecular formula is C17H22Cl3F5N2O2. The van der Waals surface area contributed by atoms with E-state index < -0.39 is 37.1 Å². The Hall–Kier alpha value is -1.03. The SMILES string of the molecule is Cl.N[C@@H](Cc1ccc(N(CCCl)CCCl)cc1)C(=O)OCCC(F)(F)C(F)(F)F. The van der Waals surface area contributed by atoms with Gasteiger partial charge in [-0.2, -0.15) is 22.0 Å². The highest BCUT2D eigenvalue weighted by molar-refractivity contribution is 6.18. The molecule has 0 saturated carbocycles. The molecule has 2 N–H and O–H groups in total. The summed E-state index contributed by atoms with van der Waals surface area (Å²) in [7, 11) is 0. The normalized spacial score (nSPS) is 12.8. The third kappa shape index (κ3) is 9.11. The first-order valence-corrected chi connectivity index (χ1v) is 9.41. The molecule has 0 aliphatic heterocycles. The number of rotatable bonds is 11. The Labute approximate surface area is 181 Å². The summed E-state index contributed by atoms with van der Waals surface area (Å²) >= 11 is 11.5. The van der Waals surface area contributed by atoms with Crippen LogP contribution in [0.1, 0.15) is 12.0 Å². The molecule has 0 fully saturated rings. The van der Waals surface area contributed by atoms with Gasteiger partial charge in [-0.05, 0) is 24.1 Å². The monoisotopic (exact) mass is 486 g/mol. The minimum atomic E-state index is -5.69. The van der Waals surface area contributed by atoms with Gasteiger partial charge in [-0.15, -0.1) is 35.6 Å². The molecule has 1 rings (SSSR count). The Morgan fingerprint density at radius 1 is 1.07 bits per heavy atom. The molecule has 0 unspecified atom stereocenters. The number of hydrogen-bond donors (Lipinski definition) is 1. The lowest BCUT2D eigenvalue weighted by Gasteiger charge is -2.23. The zero-order valence-electron chi connectivity index (χ0n) is 15.2. The number of halogens is 8. The average molecular weight is 488 g/mol. The zero-order chi connectivity index (χ0) is 21.4. The lowest BCUT2D eigenvalue weighted by molar-refractivity contribution is -0.286. The fourth-order valence-corrected chi connectivity index (χ4v) is 2.69. The van der Waals surface area contributed by atoms with Crippen LogP contribution in [0, 0.1) is 0 Å². The Balaban J connectivity index is 0.00000784. The van der Waals surface area contributed by atoms with Crippen molar-refractivity contribution in [2.75, 3.05) is 36.4 Å². The lowest BCUT2D eigenvalue weighted by atomic mass is 10.1. The second kappa shape index (κ2) is 12.6. The van der Waals surface area contributed by atoms with E-state index in [0.717, 1.165) is 5.69 Å². The number of ether oxygens (including phenoxy) is 1. The van der Waals surface area contributed by atoms with Crippen LogP contribution in [0.5, 0.6) is 0 Å². The summed E-state index contributed by atoms with van der Waals surface area (Å²) in [4.78, 5) is 13.7. The summed E-state index contributed by atoms with van der Waals surface area (Å²) in [5.41, 5.74) is 7.19. The molecule has 0 spiro atoms. The Kier molecular flexibility index (Phi) is 12.2. The smallest absolute Gasteiger partial charge is 0.453 e. The summed E-state index contributed by atoms with van der Waals surface area (Å²) in [6.45, 7) is 0.119. The number of nitrogens with two attached hydrogens (primary N) is 1. The maximum absolute atomic E-state index is 12.8. The molecular weight excluding hydrogens is 466 g/mol. The quantitative estimate of drug-likeness (QED) is 0.286. The van der Waals surface area contributed by atoms with Gasteiger partial charge in [-0.1, -0.05) is 12.1 Å². The predicted molar refractivity (Wildman–Crippen MR) is 106 cm³/mol. The van der Waals surface area contributed by atoms with Crippen molar-refractivity contribution in [1.82, 2.24) is 0 Å². The molecule has 1 aromatic rings. The first-order valence-electron chi connectivity index (χ1n) is 8.34. The van der Waals surface area contributed by atoms with E-state index in [-0.39, 0.29) is 18.8 Å². The van der Waals surface area contributed by atoms with Crippen LogP contribution < -0.4 is 10.6 Å². The lowest BCUT2D eigenvalue weighted by Crippen LogP contribution is -2.39. The highest BCUT2D eigenvalue weighted by Gasteiger charge is 2.57. The minimum Gasteiger partial charge on any atom is -0.464 e. The molecule has 0 aromatic heterocycles. The van der Waals surface area contributed by atoms with E-state index in [4.69, 9.17) is 28.9 Å². The molecule has 0 aliphatic carbocycles. The van der Waals surface area contributed by atoms with Crippen molar-refractivity contribution in [2.45, 2.75) is 31.0 Å². The summed E-state index contributed by atoms with van der Waals surface area (Å²) in [5, 5.41) is 0. The number of alkyl halides is 7. The second-order valence-corrected chi connectivity index (χ2v) is 6.72. The van der Waals surface area contributed by atoms with Crippen LogP contribution in [0.25, 0.3) is 0 Å². The van der Waals surface area contributed by atoms with Gasteiger partial charge in [0.1, 0.15) is 6.04 Å². The van der Waals surface area contributed by atoms with Crippen LogP contribution in [0.2, 0.25) is 0 Å². The van der Waals surface area contributed by atoms with Crippen molar-refractivity contribution < 1.29 is 31.5 Å². The Morgan fingerprint density at radius 2 is 1.59 bits per heavy atom. The maximum Gasteiger partial charge on any atom is 0.453 e. The van der Waals surface area contributed by atoms with Crippen molar-refractivity contribution in [1.29, 1.82) is 0 Å². The van der Waals surface area contributed by atoms with Gasteiger partial charge in [0.2, 0.25) is 0 Å². The van der Waals surface area contributed by atoms with Crippen molar-refractivity contribution in [3.63, 3.8) is 0 Å². The van der Waals surface area contributed by atoms with Gasteiger partial charge in [-0.25, -0.2) is 0 Å². The molecule has 29 heavy (non-hydrogen) atoms. The summed E-state index contributed by atoms with van der Waals surface area (Å²) in [5.74, 6) is -5.13. The number of hydrogen-bond acceptors (Lipinski definition) is 4. The van der Waals surface area contributed by atoms with Gasteiger partial charge >= 0.3 is 18.1 Å². The Morgan fingerprint density at radius 3 is 2.03 bits per heavy atom. The van der Waals surface area contributed by atoms with Crippen LogP contribution in [0.3, 0.4) is 0 Å². The number of carbonyl (C=O) groups is 1. The first-order chi connectivity index (χ1) is 13.0. The van der Waals surface area contributed by atoms with Gasteiger partial charge in [0.05, 0.1) is 13.0 Å². The number of esters is 1. The fourth-order valence-electron chi connectivity index (χ4n) is 2.28. The van der Waals surface area contributed by atoms with Crippen LogP contribution >= 0.6 is 35.6 Å². The number of benzene rings is 1. The molecule has 0 aliphatic rings. The van der Waals surface area contributed by atoms with Crippen molar-refractivity contribution in [2.24, 2.45) is 5.73 Å². The van der Waals surface area contributed by atoms with E-state index in [1.807, 2.05) is 4.90 Å². The van der Waals surface area contributed by atoms with Crippen molar-refractivity contribution in [3.05, 3.63) is 29.8 Å². The highest BCUT2D eigenvalue weighted by Crippen LogP contribution is 2.37. The number of anilines is 1. The van der Waals surface area contributed by atoms with E-state index in [0.29, 0.717) is 30.4 Å². The molecule has 0 bridgehead atoms. The second-order valence-electron chi connectivity index (χ2n) is 5.96. The van der Waals surface area contributed by atoms with Crippen LogP contribution in [0.4, 0.5) is 27.6 Å². The molecule has 1 aromatic carbocycles. The largest absolute Gasteiger partial charge is 0.464 e. The average Bonchev–Trinajstić information content (AvgIpc) is 2.61. The predicted octanol–water partition coefficient (Wildman–Crippen LogP) is 4.39. The summed E-state index contributed by atoms with van der Waals surface area (Å²) in [6.07, 6.45) is -7.30. The molecule has 12 heteroatoms. The summed E-state index contributed by atoms with van der Waals surface area (Å²) in [6, 6.07) is 5.82. The highest BCUT2D eigenvalue weighted by atomic mass is 35.5. The topological polar surface area (TPSA) is 55.6 Å². The molecule has 0 amide bonds. The molecule has 1 atom stereocenters. The standard InChI is InChI=1S/C17H21Cl2F5N2O2.ClH/c18-6-8-26(9-7-19)13-3-1-12(2-4-13)11-14(25)15(27)28-10-5-16(20,21)17(22,23)24;/h1-4,14H,5-11,25H2;1H/t14-;/m0./s1. The van der Waals surface area contributed by atoms with Crippen molar-refractivity contribution >= 4 is 47.3 Å². The van der Waals surface area contributed by atoms with E-state index >= 15 is 0 Å². The number of carbonyl (C=O) groups excluding carboxylic acids is 1. The molecule has 0 saturated heterocycles. The van der Waals surface area contributed by atoms with Crippen LogP contribution in [-0.2, 0) is 16.0 Å². The van der Waals surface area contributed by atoms with Gasteiger partial charge in [-0.3, -0.25) is 4.79 Å². The van der Waals surface area contributed by atoms with Gasteiger partial charge in [0.25, 0.3) is 0 Å². The van der Waals surface area contributed by atoms with Gasteiger partial charge in [0.15, 0.2) is 0 Å². The summed E-state index contributed by atoms with van der Waals surface area (Å²) < 4.78 is 66.2. The first kappa shape index (κ1) is 28.0. The Bertz CT molecular complexity index is 612. The maximum atomic E-state index is 12.8. The molecule has 4 nitrogen and oxygen atoms in total. The molecule has 0 radical (unpaired) electrons. The van der Waals surface area contributed by atoms with E-state index in [9.17, 15) is 26.7 Å². The van der Waals surface area contributed by atoms with E-state index in [1.54, 1.807) is 24.3 Å². The van der Waals surface area contributed by atoms with E-state index in [2.05, 4.69) is 4.74 Å². The third-order valence-corrected chi connectivity index (χ3v) is 4.18. The fraction of sp³-hybridized carbons (Fsp3) is 0.588. The molecule has 168 valence electrons. The van der Waals surface area contributed by atoms with E-state index in [1.165, 1.54) is 0 Å². The third-order valence-electron chi connectivity index (χ3n) is 3.84. The van der Waals surface area contributed by atoms with Crippen LogP contribution in [-0.4, -0.2) is 55.6 Å². The van der Waals surface area contributed by atoms with Crippen molar-refractivity contribution in [3.8, 4) is 0 Å². The zero-order valence-corrected chi connectivity index (χ0v) is 17.6.